The van der Waals surface area contributed by atoms with E-state index in [1.807, 2.05) is 20.9 Å². The molecule has 1 heterocycles. The van der Waals surface area contributed by atoms with Crippen molar-refractivity contribution in [3.05, 3.63) is 29.6 Å². The number of likely N-dealkylation sites (tertiary alicyclic amines) is 1. The molecule has 0 spiro atoms. The number of rotatable bonds is 6. The quantitative estimate of drug-likeness (QED) is 0.789. The highest BCUT2D eigenvalue weighted by atomic mass is 35.5. The van der Waals surface area contributed by atoms with E-state index in [4.69, 9.17) is 0 Å². The second-order valence-corrected chi connectivity index (χ2v) is 7.16. The summed E-state index contributed by atoms with van der Waals surface area (Å²) in [5.41, 5.74) is 0.443. The van der Waals surface area contributed by atoms with Gasteiger partial charge in [0.15, 0.2) is 0 Å². The molecule has 5 nitrogen and oxygen atoms in total. The number of benzene rings is 1. The van der Waals surface area contributed by atoms with Gasteiger partial charge in [-0.3, -0.25) is 9.59 Å². The van der Waals surface area contributed by atoms with Crippen molar-refractivity contribution >= 4 is 29.9 Å². The van der Waals surface area contributed by atoms with Gasteiger partial charge in [-0.05, 0) is 56.5 Å². The van der Waals surface area contributed by atoms with Crippen molar-refractivity contribution in [1.82, 2.24) is 10.2 Å². The molecule has 0 aliphatic carbocycles. The first-order valence-corrected chi connectivity index (χ1v) is 8.94. The summed E-state index contributed by atoms with van der Waals surface area (Å²) in [4.78, 5) is 26.2. The first kappa shape index (κ1) is 22.4. The molecule has 1 aliphatic heterocycles. The lowest BCUT2D eigenvalue weighted by atomic mass is 9.97. The van der Waals surface area contributed by atoms with Crippen LogP contribution in [0.4, 0.5) is 10.1 Å². The molecule has 1 fully saturated rings. The zero-order valence-electron chi connectivity index (χ0n) is 15.7. The lowest BCUT2D eigenvalue weighted by Crippen LogP contribution is -2.42. The van der Waals surface area contributed by atoms with Crippen molar-refractivity contribution in [3.63, 3.8) is 0 Å². The number of nitrogens with zero attached hydrogens (tertiary/aromatic N) is 1. The maximum atomic E-state index is 14.3. The van der Waals surface area contributed by atoms with Crippen LogP contribution in [-0.4, -0.2) is 43.4 Å². The molecule has 7 heteroatoms. The topological polar surface area (TPSA) is 61.4 Å². The fraction of sp³-hybridized carbons (Fsp3) is 0.579. The number of amides is 2. The van der Waals surface area contributed by atoms with Crippen LogP contribution >= 0.6 is 12.4 Å². The van der Waals surface area contributed by atoms with E-state index in [0.717, 1.165) is 19.4 Å². The number of hydrogen-bond acceptors (Lipinski definition) is 3. The summed E-state index contributed by atoms with van der Waals surface area (Å²) in [6.07, 6.45) is 2.39. The fourth-order valence-corrected chi connectivity index (χ4v) is 3.21. The summed E-state index contributed by atoms with van der Waals surface area (Å²) in [5, 5.41) is 5.71. The van der Waals surface area contributed by atoms with Gasteiger partial charge in [0.25, 0.3) is 5.91 Å². The highest BCUT2D eigenvalue weighted by Crippen LogP contribution is 2.21. The normalized spacial score (nSPS) is 17.0. The van der Waals surface area contributed by atoms with Gasteiger partial charge >= 0.3 is 0 Å². The molecule has 1 saturated heterocycles. The first-order valence-electron chi connectivity index (χ1n) is 8.94. The van der Waals surface area contributed by atoms with Crippen LogP contribution in [0.25, 0.3) is 0 Å². The van der Waals surface area contributed by atoms with Crippen molar-refractivity contribution < 1.29 is 14.0 Å². The van der Waals surface area contributed by atoms with E-state index in [-0.39, 0.29) is 35.8 Å². The summed E-state index contributed by atoms with van der Waals surface area (Å²) in [7, 11) is 1.91. The van der Waals surface area contributed by atoms with E-state index in [1.165, 1.54) is 12.1 Å². The minimum atomic E-state index is -0.577. The second-order valence-electron chi connectivity index (χ2n) is 7.16. The van der Waals surface area contributed by atoms with E-state index < -0.39 is 5.82 Å². The van der Waals surface area contributed by atoms with Crippen molar-refractivity contribution in [2.75, 3.05) is 32.0 Å². The van der Waals surface area contributed by atoms with Crippen LogP contribution in [0, 0.1) is 17.7 Å². The van der Waals surface area contributed by atoms with Crippen LogP contribution in [0.1, 0.15) is 43.5 Å². The molecular weight excluding hydrogens is 357 g/mol. The van der Waals surface area contributed by atoms with Crippen molar-refractivity contribution in [2.24, 2.45) is 11.8 Å². The summed E-state index contributed by atoms with van der Waals surface area (Å²) in [5.74, 6) is -0.318. The third kappa shape index (κ3) is 6.25. The maximum absolute atomic E-state index is 14.3. The van der Waals surface area contributed by atoms with Gasteiger partial charge < -0.3 is 15.5 Å². The standard InChI is InChI=1S/C19H28FN3O2.ClH/c1-13(2)9-18(24)22-17-7-6-15(10-16(17)20)19(25)23-8-4-5-14(12-23)11-21-3;/h6-7,10,13-14,21H,4-5,8-9,11-12H2,1-3H3,(H,22,24);1H. The maximum Gasteiger partial charge on any atom is 0.253 e. The summed E-state index contributed by atoms with van der Waals surface area (Å²) >= 11 is 0. The highest BCUT2D eigenvalue weighted by molar-refractivity contribution is 5.96. The Labute approximate surface area is 161 Å². The molecule has 26 heavy (non-hydrogen) atoms. The monoisotopic (exact) mass is 385 g/mol. The summed E-state index contributed by atoms with van der Waals surface area (Å²) in [6, 6.07) is 4.27. The van der Waals surface area contributed by atoms with Crippen molar-refractivity contribution in [2.45, 2.75) is 33.1 Å². The van der Waals surface area contributed by atoms with Gasteiger partial charge in [0, 0.05) is 25.1 Å². The van der Waals surface area contributed by atoms with Gasteiger partial charge in [-0.25, -0.2) is 4.39 Å². The van der Waals surface area contributed by atoms with Gasteiger partial charge in [-0.15, -0.1) is 12.4 Å². The molecule has 1 atom stereocenters. The van der Waals surface area contributed by atoms with E-state index >= 15 is 0 Å². The van der Waals surface area contributed by atoms with E-state index in [0.29, 0.717) is 31.0 Å². The lowest BCUT2D eigenvalue weighted by Gasteiger charge is -2.32. The first-order chi connectivity index (χ1) is 11.9. The molecule has 2 rings (SSSR count). The Balaban J connectivity index is 0.00000338. The van der Waals surface area contributed by atoms with Gasteiger partial charge in [-0.2, -0.15) is 0 Å². The predicted octanol–water partition coefficient (Wildman–Crippen LogP) is 3.30. The molecule has 1 aromatic carbocycles. The van der Waals surface area contributed by atoms with Gasteiger partial charge in [0.2, 0.25) is 5.91 Å². The van der Waals surface area contributed by atoms with Crippen molar-refractivity contribution in [3.8, 4) is 0 Å². The van der Waals surface area contributed by atoms with Crippen LogP contribution in [0.2, 0.25) is 0 Å². The number of halogens is 2. The molecule has 1 unspecified atom stereocenters. The molecule has 2 N–H and O–H groups in total. The zero-order chi connectivity index (χ0) is 18.4. The lowest BCUT2D eigenvalue weighted by molar-refractivity contribution is -0.116. The number of anilines is 1. The van der Waals surface area contributed by atoms with Crippen molar-refractivity contribution in [1.29, 1.82) is 0 Å². The van der Waals surface area contributed by atoms with Crippen LogP contribution in [0.15, 0.2) is 18.2 Å². The number of piperidine rings is 1. The van der Waals surface area contributed by atoms with Crippen LogP contribution in [0.3, 0.4) is 0 Å². The second kappa shape index (κ2) is 10.5. The largest absolute Gasteiger partial charge is 0.338 e. The average molecular weight is 386 g/mol. The van der Waals surface area contributed by atoms with Gasteiger partial charge in [0.1, 0.15) is 5.82 Å². The molecular formula is C19H29ClFN3O2. The highest BCUT2D eigenvalue weighted by Gasteiger charge is 2.24. The predicted molar refractivity (Wildman–Crippen MR) is 104 cm³/mol. The van der Waals surface area contributed by atoms with Crippen LogP contribution in [-0.2, 0) is 4.79 Å². The zero-order valence-corrected chi connectivity index (χ0v) is 16.5. The molecule has 2 amide bonds. The minimum absolute atomic E-state index is 0. The summed E-state index contributed by atoms with van der Waals surface area (Å²) in [6.45, 7) is 6.12. The summed E-state index contributed by atoms with van der Waals surface area (Å²) < 4.78 is 14.3. The van der Waals surface area contributed by atoms with Gasteiger partial charge in [-0.1, -0.05) is 13.8 Å². The number of nitrogens with one attached hydrogen (secondary N) is 2. The Bertz CT molecular complexity index is 623. The number of carbonyl (C=O) groups excluding carboxylic acids is 2. The Hall–Kier alpha value is -1.66. The Morgan fingerprint density at radius 3 is 2.69 bits per heavy atom. The minimum Gasteiger partial charge on any atom is -0.338 e. The molecule has 0 bridgehead atoms. The third-order valence-corrected chi connectivity index (χ3v) is 4.38. The van der Waals surface area contributed by atoms with E-state index in [2.05, 4.69) is 10.6 Å². The SMILES string of the molecule is CNCC1CCCN(C(=O)c2ccc(NC(=O)CC(C)C)c(F)c2)C1.Cl. The molecule has 0 saturated carbocycles. The molecule has 1 aliphatic rings. The Morgan fingerprint density at radius 2 is 2.08 bits per heavy atom. The number of hydrogen-bond donors (Lipinski definition) is 2. The Kier molecular flexibility index (Phi) is 9.02. The third-order valence-electron chi connectivity index (χ3n) is 4.38. The van der Waals surface area contributed by atoms with Crippen LogP contribution < -0.4 is 10.6 Å². The van der Waals surface area contributed by atoms with Crippen LogP contribution in [0.5, 0.6) is 0 Å². The molecule has 1 aromatic rings. The Morgan fingerprint density at radius 1 is 1.35 bits per heavy atom. The molecule has 0 radical (unpaired) electrons. The average Bonchev–Trinajstić information content (AvgIpc) is 2.56. The smallest absolute Gasteiger partial charge is 0.253 e. The van der Waals surface area contributed by atoms with Gasteiger partial charge in [0.05, 0.1) is 5.69 Å². The van der Waals surface area contributed by atoms with E-state index in [1.54, 1.807) is 11.0 Å². The fourth-order valence-electron chi connectivity index (χ4n) is 3.21. The van der Waals surface area contributed by atoms with E-state index in [9.17, 15) is 14.0 Å². The number of carbonyl (C=O) groups is 2. The molecule has 146 valence electrons. The molecule has 0 aromatic heterocycles.